The van der Waals surface area contributed by atoms with Gasteiger partial charge in [-0.3, -0.25) is 14.6 Å². The molecule has 138 valence electrons. The molecule has 0 spiro atoms. The van der Waals surface area contributed by atoms with Crippen molar-refractivity contribution in [2.75, 3.05) is 10.7 Å². The fourth-order valence-corrected chi connectivity index (χ4v) is 3.95. The van der Waals surface area contributed by atoms with Crippen LogP contribution in [0, 0.1) is 6.92 Å². The molecule has 0 unspecified atom stereocenters. The van der Waals surface area contributed by atoms with Crippen LogP contribution in [0.3, 0.4) is 0 Å². The van der Waals surface area contributed by atoms with Crippen molar-refractivity contribution >= 4 is 23.4 Å². The third-order valence-electron chi connectivity index (χ3n) is 4.39. The number of furan rings is 1. The van der Waals surface area contributed by atoms with Gasteiger partial charge in [0.1, 0.15) is 5.76 Å². The summed E-state index contributed by atoms with van der Waals surface area (Å²) in [6.45, 7) is 5.33. The predicted molar refractivity (Wildman–Crippen MR) is 102 cm³/mol. The van der Waals surface area contributed by atoms with E-state index >= 15 is 0 Å². The summed E-state index contributed by atoms with van der Waals surface area (Å²) in [6, 6.07) is 11.0. The molecule has 1 aliphatic heterocycles. The number of anilines is 1. The van der Waals surface area contributed by atoms with Crippen molar-refractivity contribution in [3.05, 3.63) is 58.3 Å². The Kier molecular flexibility index (Phi) is 4.35. The monoisotopic (exact) mass is 383 g/mol. The summed E-state index contributed by atoms with van der Waals surface area (Å²) >= 11 is 1.43. The molecule has 7 nitrogen and oxygen atoms in total. The van der Waals surface area contributed by atoms with Gasteiger partial charge in [0.15, 0.2) is 5.76 Å². The molecule has 0 bridgehead atoms. The van der Waals surface area contributed by atoms with Gasteiger partial charge < -0.3 is 4.42 Å². The minimum atomic E-state index is -0.667. The van der Waals surface area contributed by atoms with E-state index in [-0.39, 0.29) is 11.5 Å². The van der Waals surface area contributed by atoms with E-state index in [2.05, 4.69) is 10.1 Å². The first-order valence-electron chi connectivity index (χ1n) is 8.65. The van der Waals surface area contributed by atoms with Gasteiger partial charge in [-0.05, 0) is 41.6 Å². The average molecular weight is 383 g/mol. The molecule has 8 heteroatoms. The number of thioether (sulfide) groups is 1. The second-order valence-electron chi connectivity index (χ2n) is 6.21. The van der Waals surface area contributed by atoms with Crippen LogP contribution >= 0.6 is 11.8 Å². The van der Waals surface area contributed by atoms with Crippen LogP contribution in [-0.2, 0) is 4.79 Å². The molecule has 3 heterocycles. The molecule has 4 rings (SSSR count). The van der Waals surface area contributed by atoms with Crippen LogP contribution in [0.5, 0.6) is 0 Å². The van der Waals surface area contributed by atoms with Crippen LogP contribution in [-0.4, -0.2) is 21.7 Å². The van der Waals surface area contributed by atoms with Crippen LogP contribution in [0.1, 0.15) is 31.5 Å². The summed E-state index contributed by atoms with van der Waals surface area (Å²) < 4.78 is 7.44. The van der Waals surface area contributed by atoms with Gasteiger partial charge in [-0.15, -0.1) is 0 Å². The molecular weight excluding hydrogens is 364 g/mol. The zero-order valence-corrected chi connectivity index (χ0v) is 16.0. The lowest BCUT2D eigenvalue weighted by Crippen LogP contribution is -2.60. The SMILES string of the molecule is CCSc1n[n+]2c(c(=O)[nH]1)-c1ccccc1N(C(C)=O)[C@H]2c1ccc(C)o1. The summed E-state index contributed by atoms with van der Waals surface area (Å²) in [5, 5.41) is 5.13. The quantitative estimate of drug-likeness (QED) is 0.555. The molecule has 3 aromatic rings. The lowest BCUT2D eigenvalue weighted by atomic mass is 10.0. The molecule has 2 aromatic heterocycles. The van der Waals surface area contributed by atoms with Gasteiger partial charge >= 0.3 is 17.4 Å². The summed E-state index contributed by atoms with van der Waals surface area (Å²) in [6.07, 6.45) is -0.667. The largest absolute Gasteiger partial charge is 0.457 e. The highest BCUT2D eigenvalue weighted by atomic mass is 32.2. The maximum Gasteiger partial charge on any atom is 0.325 e. The van der Waals surface area contributed by atoms with Crippen LogP contribution in [0.25, 0.3) is 11.3 Å². The van der Waals surface area contributed by atoms with Crippen molar-refractivity contribution in [1.82, 2.24) is 10.1 Å². The van der Waals surface area contributed by atoms with Gasteiger partial charge in [0.2, 0.25) is 11.1 Å². The number of aromatic nitrogens is 3. The smallest absolute Gasteiger partial charge is 0.325 e. The molecule has 1 aliphatic rings. The number of carbonyl (C=O) groups excluding carboxylic acids is 1. The number of nitrogens with zero attached hydrogens (tertiary/aromatic N) is 3. The highest BCUT2D eigenvalue weighted by Crippen LogP contribution is 2.37. The molecule has 1 amide bonds. The maximum atomic E-state index is 12.9. The van der Waals surface area contributed by atoms with Crippen LogP contribution in [0.15, 0.2) is 50.8 Å². The van der Waals surface area contributed by atoms with E-state index in [1.54, 1.807) is 9.58 Å². The molecule has 0 saturated carbocycles. The number of carbonyl (C=O) groups is 1. The number of fused-ring (bicyclic) bond motifs is 3. The third-order valence-corrected chi connectivity index (χ3v) is 5.14. The lowest BCUT2D eigenvalue weighted by Gasteiger charge is -2.29. The Balaban J connectivity index is 2.07. The molecule has 1 atom stereocenters. The minimum Gasteiger partial charge on any atom is -0.457 e. The van der Waals surface area contributed by atoms with Crippen molar-refractivity contribution in [2.24, 2.45) is 0 Å². The van der Waals surface area contributed by atoms with E-state index in [0.717, 1.165) is 11.5 Å². The Hall–Kier alpha value is -2.87. The van der Waals surface area contributed by atoms with Gasteiger partial charge in [-0.25, -0.2) is 4.90 Å². The van der Waals surface area contributed by atoms with Crippen LogP contribution in [0.4, 0.5) is 5.69 Å². The summed E-state index contributed by atoms with van der Waals surface area (Å²) in [7, 11) is 0. The second-order valence-corrected chi connectivity index (χ2v) is 7.47. The van der Waals surface area contributed by atoms with Gasteiger partial charge in [0.05, 0.1) is 11.3 Å². The zero-order valence-electron chi connectivity index (χ0n) is 15.2. The van der Waals surface area contributed by atoms with E-state index < -0.39 is 6.17 Å². The Labute approximate surface area is 160 Å². The third kappa shape index (κ3) is 2.86. The average Bonchev–Trinajstić information content (AvgIpc) is 3.06. The first kappa shape index (κ1) is 17.5. The van der Waals surface area contributed by atoms with E-state index in [1.165, 1.54) is 18.7 Å². The molecule has 27 heavy (non-hydrogen) atoms. The number of hydrogen-bond acceptors (Lipinski definition) is 5. The number of benzene rings is 1. The van der Waals surface area contributed by atoms with Crippen molar-refractivity contribution in [3.63, 3.8) is 0 Å². The Morgan fingerprint density at radius 1 is 1.33 bits per heavy atom. The topological polar surface area (TPSA) is 83.1 Å². The molecule has 1 aromatic carbocycles. The van der Waals surface area contributed by atoms with Crippen molar-refractivity contribution < 1.29 is 13.9 Å². The molecule has 0 saturated heterocycles. The Morgan fingerprint density at radius 3 is 2.78 bits per heavy atom. The zero-order chi connectivity index (χ0) is 19.1. The highest BCUT2D eigenvalue weighted by molar-refractivity contribution is 7.99. The highest BCUT2D eigenvalue weighted by Gasteiger charge is 2.46. The minimum absolute atomic E-state index is 0.161. The Bertz CT molecular complexity index is 1090. The maximum absolute atomic E-state index is 12.9. The normalized spacial score (nSPS) is 15.4. The lowest BCUT2D eigenvalue weighted by molar-refractivity contribution is -0.764. The molecule has 0 radical (unpaired) electrons. The van der Waals surface area contributed by atoms with Gasteiger partial charge in [-0.2, -0.15) is 0 Å². The van der Waals surface area contributed by atoms with Crippen LogP contribution < -0.4 is 15.1 Å². The number of para-hydroxylation sites is 1. The Morgan fingerprint density at radius 2 is 2.11 bits per heavy atom. The van der Waals surface area contributed by atoms with E-state index in [1.807, 2.05) is 50.2 Å². The second kappa shape index (κ2) is 6.70. The number of rotatable bonds is 3. The fraction of sp³-hybridized carbons (Fsp3) is 0.263. The van der Waals surface area contributed by atoms with E-state index in [4.69, 9.17) is 4.42 Å². The first-order chi connectivity index (χ1) is 13.0. The van der Waals surface area contributed by atoms with Crippen LogP contribution in [0.2, 0.25) is 0 Å². The fourth-order valence-electron chi connectivity index (χ4n) is 3.36. The van der Waals surface area contributed by atoms with Gasteiger partial charge in [0, 0.05) is 12.0 Å². The number of nitrogens with one attached hydrogen (secondary N) is 1. The van der Waals surface area contributed by atoms with Crippen molar-refractivity contribution in [3.8, 4) is 11.3 Å². The molecule has 0 fully saturated rings. The summed E-state index contributed by atoms with van der Waals surface area (Å²) in [4.78, 5) is 30.0. The van der Waals surface area contributed by atoms with E-state index in [0.29, 0.717) is 27.9 Å². The van der Waals surface area contributed by atoms with Gasteiger partial charge in [-0.1, -0.05) is 30.8 Å². The predicted octanol–water partition coefficient (Wildman–Crippen LogP) is 2.65. The number of aromatic amines is 1. The number of aryl methyl sites for hydroxylation is 1. The number of H-pyrrole nitrogens is 1. The van der Waals surface area contributed by atoms with Gasteiger partial charge in [0.25, 0.3) is 0 Å². The standard InChI is InChI=1S/C19H18N4O3S/c1-4-27-19-20-17(25)16-13-7-5-6-8-14(13)22(12(3)24)18(23(16)21-19)15-10-9-11(2)26-15/h5-10,18H,4H2,1-3H3/p+1/t18-/m1/s1. The molecule has 0 aliphatic carbocycles. The number of hydrogen-bond donors (Lipinski definition) is 1. The molecular formula is C19H19N4O3S+. The van der Waals surface area contributed by atoms with E-state index in [9.17, 15) is 9.59 Å². The molecule has 1 N–H and O–H groups in total. The summed E-state index contributed by atoms with van der Waals surface area (Å²) in [5.74, 6) is 1.88. The van der Waals surface area contributed by atoms with Crippen molar-refractivity contribution in [1.29, 1.82) is 0 Å². The number of amides is 1. The summed E-state index contributed by atoms with van der Waals surface area (Å²) in [5.41, 5.74) is 1.48. The van der Waals surface area contributed by atoms with Crippen molar-refractivity contribution in [2.45, 2.75) is 32.1 Å². The first-order valence-corrected chi connectivity index (χ1v) is 9.64.